The first-order valence-electron chi connectivity index (χ1n) is 13.2. The fourth-order valence-corrected chi connectivity index (χ4v) is 5.58. The van der Waals surface area contributed by atoms with Gasteiger partial charge >= 0.3 is 7.12 Å². The van der Waals surface area contributed by atoms with Gasteiger partial charge in [0.2, 0.25) is 0 Å². The molecule has 0 atom stereocenters. The quantitative estimate of drug-likeness (QED) is 0.182. The predicted octanol–water partition coefficient (Wildman–Crippen LogP) is 8.37. The maximum absolute atomic E-state index is 6.83. The number of hydrogen-bond acceptors (Lipinski definition) is 3. The molecule has 186 valence electrons. The summed E-state index contributed by atoms with van der Waals surface area (Å²) in [7, 11) is -0.397. The second kappa shape index (κ2) is 8.32. The first-order chi connectivity index (χ1) is 18.3. The summed E-state index contributed by atoms with van der Waals surface area (Å²) < 4.78 is 19.4. The van der Waals surface area contributed by atoms with E-state index in [2.05, 4.69) is 131 Å². The summed E-state index contributed by atoms with van der Waals surface area (Å²) in [4.78, 5) is 0. The first-order valence-corrected chi connectivity index (χ1v) is 13.2. The fraction of sp³-hybridized carbons (Fsp3) is 0.176. The Bertz CT molecular complexity index is 1800. The second-order valence-corrected chi connectivity index (χ2v) is 11.2. The Morgan fingerprint density at radius 3 is 1.68 bits per heavy atom. The van der Waals surface area contributed by atoms with Crippen molar-refractivity contribution in [1.29, 1.82) is 0 Å². The molecule has 1 fully saturated rings. The van der Waals surface area contributed by atoms with Crippen LogP contribution in [0.1, 0.15) is 27.7 Å². The van der Waals surface area contributed by atoms with E-state index in [1.165, 1.54) is 16.2 Å². The van der Waals surface area contributed by atoms with Crippen molar-refractivity contribution in [2.45, 2.75) is 38.9 Å². The van der Waals surface area contributed by atoms with Crippen LogP contribution in [-0.4, -0.2) is 18.3 Å². The van der Waals surface area contributed by atoms with Gasteiger partial charge in [0, 0.05) is 21.9 Å². The van der Waals surface area contributed by atoms with Crippen LogP contribution >= 0.6 is 0 Å². The van der Waals surface area contributed by atoms with Gasteiger partial charge in [-0.05, 0) is 54.9 Å². The third-order valence-electron chi connectivity index (χ3n) is 8.33. The van der Waals surface area contributed by atoms with Crippen molar-refractivity contribution >= 4 is 45.1 Å². The fourth-order valence-electron chi connectivity index (χ4n) is 5.58. The largest absolute Gasteiger partial charge is 0.494 e. The number of benzene rings is 5. The molecule has 3 nitrogen and oxygen atoms in total. The van der Waals surface area contributed by atoms with E-state index in [0.29, 0.717) is 0 Å². The van der Waals surface area contributed by atoms with Gasteiger partial charge in [0.05, 0.1) is 11.2 Å². The summed E-state index contributed by atoms with van der Waals surface area (Å²) in [6.45, 7) is 8.32. The van der Waals surface area contributed by atoms with Crippen molar-refractivity contribution in [1.82, 2.24) is 0 Å². The second-order valence-electron chi connectivity index (χ2n) is 11.2. The molecule has 1 saturated heterocycles. The molecule has 0 aliphatic carbocycles. The molecular formula is C34H29BO3. The lowest BCUT2D eigenvalue weighted by atomic mass is 9.78. The van der Waals surface area contributed by atoms with Gasteiger partial charge in [-0.2, -0.15) is 0 Å². The van der Waals surface area contributed by atoms with Gasteiger partial charge in [-0.15, -0.1) is 0 Å². The molecule has 0 N–H and O–H groups in total. The summed E-state index contributed by atoms with van der Waals surface area (Å²) in [6, 6.07) is 36.1. The smallest absolute Gasteiger partial charge is 0.455 e. The zero-order chi connectivity index (χ0) is 26.1. The van der Waals surface area contributed by atoms with E-state index in [4.69, 9.17) is 13.7 Å². The minimum atomic E-state index is -0.397. The molecule has 0 saturated carbocycles. The van der Waals surface area contributed by atoms with Crippen LogP contribution in [0.3, 0.4) is 0 Å². The van der Waals surface area contributed by atoms with Crippen LogP contribution in [0.5, 0.6) is 0 Å². The maximum Gasteiger partial charge on any atom is 0.494 e. The van der Waals surface area contributed by atoms with Crippen molar-refractivity contribution in [3.8, 4) is 22.5 Å². The van der Waals surface area contributed by atoms with E-state index < -0.39 is 7.12 Å². The van der Waals surface area contributed by atoms with Gasteiger partial charge in [-0.25, -0.2) is 0 Å². The Morgan fingerprint density at radius 2 is 1.05 bits per heavy atom. The summed E-state index contributed by atoms with van der Waals surface area (Å²) >= 11 is 0. The Balaban J connectivity index is 1.46. The molecule has 7 rings (SSSR count). The van der Waals surface area contributed by atoms with E-state index in [-0.39, 0.29) is 11.2 Å². The summed E-state index contributed by atoms with van der Waals surface area (Å²) in [6.07, 6.45) is 0. The molecule has 5 aromatic carbocycles. The van der Waals surface area contributed by atoms with Gasteiger partial charge in [0.15, 0.2) is 0 Å². The lowest BCUT2D eigenvalue weighted by Crippen LogP contribution is -2.41. The summed E-state index contributed by atoms with van der Waals surface area (Å²) in [5.41, 5.74) is 4.44. The van der Waals surface area contributed by atoms with Crippen LogP contribution in [0.15, 0.2) is 108 Å². The van der Waals surface area contributed by atoms with Gasteiger partial charge in [-0.1, -0.05) is 103 Å². The monoisotopic (exact) mass is 496 g/mol. The standard InChI is InChI=1S/C34H29BO3/c1-33(2)34(3,4)38-35(37-33)24-20-18-23(19-21-24)31-29(22-12-6-5-7-13-22)30-27-16-10-8-14-25(27)26-15-9-11-17-28(26)32(30)36-31/h5-21H,1-4H3. The average Bonchev–Trinajstić information content (AvgIpc) is 3.44. The Kier molecular flexibility index (Phi) is 5.10. The third kappa shape index (κ3) is 3.44. The Labute approximate surface area is 223 Å². The summed E-state index contributed by atoms with van der Waals surface area (Å²) in [5.74, 6) is 0.869. The van der Waals surface area contributed by atoms with E-state index >= 15 is 0 Å². The molecule has 1 aliphatic heterocycles. The molecule has 2 heterocycles. The van der Waals surface area contributed by atoms with Crippen molar-refractivity contribution in [3.63, 3.8) is 0 Å². The first kappa shape index (κ1) is 23.3. The van der Waals surface area contributed by atoms with Crippen molar-refractivity contribution in [2.24, 2.45) is 0 Å². The Hall–Kier alpha value is -3.86. The van der Waals surface area contributed by atoms with Crippen LogP contribution < -0.4 is 5.46 Å². The number of rotatable bonds is 3. The van der Waals surface area contributed by atoms with Crippen molar-refractivity contribution in [2.75, 3.05) is 0 Å². The maximum atomic E-state index is 6.83. The summed E-state index contributed by atoms with van der Waals surface area (Å²) in [5, 5.41) is 5.90. The lowest BCUT2D eigenvalue weighted by molar-refractivity contribution is 0.00578. The lowest BCUT2D eigenvalue weighted by Gasteiger charge is -2.32. The third-order valence-corrected chi connectivity index (χ3v) is 8.33. The zero-order valence-corrected chi connectivity index (χ0v) is 22.1. The average molecular weight is 496 g/mol. The van der Waals surface area contributed by atoms with Crippen LogP contribution in [-0.2, 0) is 9.31 Å². The molecule has 0 bridgehead atoms. The van der Waals surface area contributed by atoms with Crippen LogP contribution in [0.25, 0.3) is 55.0 Å². The topological polar surface area (TPSA) is 31.6 Å². The van der Waals surface area contributed by atoms with E-state index in [1.807, 2.05) is 0 Å². The minimum Gasteiger partial charge on any atom is -0.455 e. The van der Waals surface area contributed by atoms with Crippen LogP contribution in [0, 0.1) is 0 Å². The highest BCUT2D eigenvalue weighted by atomic mass is 16.7. The van der Waals surface area contributed by atoms with E-state index in [0.717, 1.165) is 44.3 Å². The predicted molar refractivity (Wildman–Crippen MR) is 158 cm³/mol. The molecule has 0 spiro atoms. The van der Waals surface area contributed by atoms with Gasteiger partial charge in [-0.3, -0.25) is 0 Å². The molecule has 4 heteroatoms. The molecule has 0 radical (unpaired) electrons. The normalized spacial score (nSPS) is 16.6. The molecule has 38 heavy (non-hydrogen) atoms. The highest BCUT2D eigenvalue weighted by molar-refractivity contribution is 6.62. The van der Waals surface area contributed by atoms with E-state index in [1.54, 1.807) is 0 Å². The van der Waals surface area contributed by atoms with Gasteiger partial charge < -0.3 is 13.7 Å². The highest BCUT2D eigenvalue weighted by Crippen LogP contribution is 2.47. The number of furan rings is 1. The van der Waals surface area contributed by atoms with Gasteiger partial charge in [0.25, 0.3) is 0 Å². The molecule has 0 unspecified atom stereocenters. The van der Waals surface area contributed by atoms with Crippen molar-refractivity contribution < 1.29 is 13.7 Å². The molecule has 6 aromatic rings. The SMILES string of the molecule is CC1(C)OB(c2ccc(-c3oc4c5ccccc5c5ccccc5c4c3-c3ccccc3)cc2)OC1(C)C. The molecular weight excluding hydrogens is 467 g/mol. The molecule has 1 aliphatic rings. The Morgan fingerprint density at radius 1 is 0.526 bits per heavy atom. The zero-order valence-electron chi connectivity index (χ0n) is 22.1. The van der Waals surface area contributed by atoms with Crippen LogP contribution in [0.2, 0.25) is 0 Å². The number of hydrogen-bond donors (Lipinski definition) is 0. The molecule has 1 aromatic heterocycles. The van der Waals surface area contributed by atoms with E-state index in [9.17, 15) is 0 Å². The molecule has 0 amide bonds. The number of fused-ring (bicyclic) bond motifs is 6. The van der Waals surface area contributed by atoms with Crippen LogP contribution in [0.4, 0.5) is 0 Å². The van der Waals surface area contributed by atoms with Gasteiger partial charge in [0.1, 0.15) is 11.3 Å². The highest BCUT2D eigenvalue weighted by Gasteiger charge is 2.51. The minimum absolute atomic E-state index is 0.377. The van der Waals surface area contributed by atoms with Crippen molar-refractivity contribution in [3.05, 3.63) is 103 Å².